The summed E-state index contributed by atoms with van der Waals surface area (Å²) >= 11 is 0. The van der Waals surface area contributed by atoms with E-state index in [0.717, 1.165) is 17.1 Å². The van der Waals surface area contributed by atoms with Crippen LogP contribution in [0.25, 0.3) is 0 Å². The molecule has 0 aromatic heterocycles. The summed E-state index contributed by atoms with van der Waals surface area (Å²) in [4.78, 5) is 13.4. The minimum absolute atomic E-state index is 0.0818. The lowest BCUT2D eigenvalue weighted by molar-refractivity contribution is -0.118. The van der Waals surface area contributed by atoms with Gasteiger partial charge in [0, 0.05) is 12.5 Å². The van der Waals surface area contributed by atoms with Gasteiger partial charge < -0.3 is 14.4 Å². The summed E-state index contributed by atoms with van der Waals surface area (Å²) in [6.45, 7) is 2.79. The topological polar surface area (TPSA) is 38.8 Å². The van der Waals surface area contributed by atoms with E-state index in [1.54, 1.807) is 6.92 Å². The summed E-state index contributed by atoms with van der Waals surface area (Å²) in [5, 5.41) is 0. The lowest BCUT2D eigenvalue weighted by atomic mass is 10.0. The number of fused-ring (bicyclic) bond motifs is 1. The van der Waals surface area contributed by atoms with E-state index in [9.17, 15) is 4.79 Å². The largest absolute Gasteiger partial charge is 0.486 e. The lowest BCUT2D eigenvalue weighted by Crippen LogP contribution is -2.22. The van der Waals surface area contributed by atoms with E-state index in [-0.39, 0.29) is 11.8 Å². The SMILES string of the molecule is CC(=O)CC(c1ccc2c(c1)OCCO2)N(C)C. The third-order valence-electron chi connectivity index (χ3n) is 3.06. The Labute approximate surface area is 107 Å². The average molecular weight is 249 g/mol. The number of Topliss-reactive ketones (excluding diaryl/α,β-unsaturated/α-hetero) is 1. The highest BCUT2D eigenvalue weighted by Gasteiger charge is 2.19. The molecule has 1 aliphatic heterocycles. The van der Waals surface area contributed by atoms with Crippen LogP contribution in [0.5, 0.6) is 11.5 Å². The third-order valence-corrected chi connectivity index (χ3v) is 3.06. The second kappa shape index (κ2) is 5.40. The molecule has 1 atom stereocenters. The molecule has 0 radical (unpaired) electrons. The van der Waals surface area contributed by atoms with Crippen LogP contribution in [0.1, 0.15) is 24.9 Å². The van der Waals surface area contributed by atoms with Crippen molar-refractivity contribution in [1.29, 1.82) is 0 Å². The Morgan fingerprint density at radius 1 is 1.28 bits per heavy atom. The highest BCUT2D eigenvalue weighted by atomic mass is 16.6. The van der Waals surface area contributed by atoms with Crippen molar-refractivity contribution in [2.75, 3.05) is 27.3 Å². The number of carbonyl (C=O) groups is 1. The highest BCUT2D eigenvalue weighted by molar-refractivity contribution is 5.76. The zero-order chi connectivity index (χ0) is 13.1. The van der Waals surface area contributed by atoms with Gasteiger partial charge in [0.2, 0.25) is 0 Å². The number of hydrogen-bond donors (Lipinski definition) is 0. The maximum absolute atomic E-state index is 11.3. The first-order valence-corrected chi connectivity index (χ1v) is 6.13. The molecule has 18 heavy (non-hydrogen) atoms. The molecule has 1 aromatic rings. The van der Waals surface area contributed by atoms with E-state index < -0.39 is 0 Å². The van der Waals surface area contributed by atoms with Crippen molar-refractivity contribution in [3.05, 3.63) is 23.8 Å². The van der Waals surface area contributed by atoms with Gasteiger partial charge in [0.25, 0.3) is 0 Å². The summed E-state index contributed by atoms with van der Waals surface area (Å²) in [7, 11) is 3.95. The zero-order valence-corrected chi connectivity index (χ0v) is 11.1. The molecule has 2 rings (SSSR count). The summed E-state index contributed by atoms with van der Waals surface area (Å²) < 4.78 is 11.1. The van der Waals surface area contributed by atoms with Crippen molar-refractivity contribution in [3.63, 3.8) is 0 Å². The van der Waals surface area contributed by atoms with Gasteiger partial charge >= 0.3 is 0 Å². The maximum atomic E-state index is 11.3. The standard InChI is InChI=1S/C14H19NO3/c1-10(16)8-12(15(2)3)11-4-5-13-14(9-11)18-7-6-17-13/h4-5,9,12H,6-8H2,1-3H3. The molecular formula is C14H19NO3. The van der Waals surface area contributed by atoms with E-state index in [4.69, 9.17) is 9.47 Å². The van der Waals surface area contributed by atoms with Crippen LogP contribution in [0.3, 0.4) is 0 Å². The smallest absolute Gasteiger partial charge is 0.161 e. The first-order chi connectivity index (χ1) is 8.58. The molecule has 1 unspecified atom stereocenters. The number of ketones is 1. The van der Waals surface area contributed by atoms with Crippen LogP contribution in [-0.4, -0.2) is 38.0 Å². The molecule has 1 aromatic carbocycles. The first kappa shape index (κ1) is 12.9. The van der Waals surface area contributed by atoms with Crippen LogP contribution in [-0.2, 0) is 4.79 Å². The molecule has 0 fully saturated rings. The van der Waals surface area contributed by atoms with Crippen molar-refractivity contribution < 1.29 is 14.3 Å². The van der Waals surface area contributed by atoms with Gasteiger partial charge in [-0.05, 0) is 38.7 Å². The number of carbonyl (C=O) groups excluding carboxylic acids is 1. The summed E-state index contributed by atoms with van der Waals surface area (Å²) in [5.41, 5.74) is 1.08. The minimum Gasteiger partial charge on any atom is -0.486 e. The molecular weight excluding hydrogens is 230 g/mol. The molecule has 98 valence electrons. The Balaban J connectivity index is 2.27. The molecule has 0 aliphatic carbocycles. The summed E-state index contributed by atoms with van der Waals surface area (Å²) in [5.74, 6) is 1.74. The molecule has 0 spiro atoms. The van der Waals surface area contributed by atoms with Crippen molar-refractivity contribution in [3.8, 4) is 11.5 Å². The van der Waals surface area contributed by atoms with Crippen molar-refractivity contribution in [1.82, 2.24) is 4.90 Å². The Kier molecular flexibility index (Phi) is 3.87. The fourth-order valence-corrected chi connectivity index (χ4v) is 2.14. The number of hydrogen-bond acceptors (Lipinski definition) is 4. The number of ether oxygens (including phenoxy) is 2. The maximum Gasteiger partial charge on any atom is 0.161 e. The van der Waals surface area contributed by atoms with E-state index in [1.807, 2.05) is 37.2 Å². The van der Waals surface area contributed by atoms with Crippen LogP contribution in [0.2, 0.25) is 0 Å². The number of benzene rings is 1. The summed E-state index contributed by atoms with van der Waals surface area (Å²) in [6, 6.07) is 5.97. The lowest BCUT2D eigenvalue weighted by Gasteiger charge is -2.26. The van der Waals surface area contributed by atoms with Gasteiger partial charge in [-0.15, -0.1) is 0 Å². The predicted octanol–water partition coefficient (Wildman–Crippen LogP) is 2.04. The van der Waals surface area contributed by atoms with Gasteiger partial charge in [-0.25, -0.2) is 0 Å². The molecule has 0 N–H and O–H groups in total. The van der Waals surface area contributed by atoms with Gasteiger partial charge in [-0.1, -0.05) is 6.07 Å². The fraction of sp³-hybridized carbons (Fsp3) is 0.500. The quantitative estimate of drug-likeness (QED) is 0.818. The summed E-state index contributed by atoms with van der Waals surface area (Å²) in [6.07, 6.45) is 0.507. The van der Waals surface area contributed by atoms with Gasteiger partial charge in [0.15, 0.2) is 11.5 Å². The Morgan fingerprint density at radius 3 is 2.56 bits per heavy atom. The van der Waals surface area contributed by atoms with E-state index in [2.05, 4.69) is 0 Å². The van der Waals surface area contributed by atoms with E-state index in [1.165, 1.54) is 0 Å². The van der Waals surface area contributed by atoms with Crippen molar-refractivity contribution in [2.24, 2.45) is 0 Å². The van der Waals surface area contributed by atoms with Crippen LogP contribution < -0.4 is 9.47 Å². The average Bonchev–Trinajstić information content (AvgIpc) is 2.35. The molecule has 0 bridgehead atoms. The van der Waals surface area contributed by atoms with Crippen molar-refractivity contribution >= 4 is 5.78 Å². The molecule has 1 aliphatic rings. The highest BCUT2D eigenvalue weighted by Crippen LogP contribution is 2.34. The minimum atomic E-state index is 0.0818. The van der Waals surface area contributed by atoms with E-state index >= 15 is 0 Å². The van der Waals surface area contributed by atoms with Gasteiger partial charge in [-0.3, -0.25) is 4.79 Å². The molecule has 0 amide bonds. The monoisotopic (exact) mass is 249 g/mol. The van der Waals surface area contributed by atoms with Crippen molar-refractivity contribution in [2.45, 2.75) is 19.4 Å². The van der Waals surface area contributed by atoms with Crippen LogP contribution >= 0.6 is 0 Å². The fourth-order valence-electron chi connectivity index (χ4n) is 2.14. The van der Waals surface area contributed by atoms with Gasteiger partial charge in [-0.2, -0.15) is 0 Å². The third kappa shape index (κ3) is 2.82. The Morgan fingerprint density at radius 2 is 1.94 bits per heavy atom. The van der Waals surface area contributed by atoms with Gasteiger partial charge in [0.05, 0.1) is 0 Å². The zero-order valence-electron chi connectivity index (χ0n) is 11.1. The predicted molar refractivity (Wildman–Crippen MR) is 69.2 cm³/mol. The van der Waals surface area contributed by atoms with E-state index in [0.29, 0.717) is 19.6 Å². The molecule has 4 heteroatoms. The Hall–Kier alpha value is -1.55. The normalized spacial score (nSPS) is 15.6. The molecule has 1 heterocycles. The number of rotatable bonds is 4. The van der Waals surface area contributed by atoms with Crippen LogP contribution in [0, 0.1) is 0 Å². The second-order valence-electron chi connectivity index (χ2n) is 4.79. The molecule has 0 saturated heterocycles. The van der Waals surface area contributed by atoms with Crippen LogP contribution in [0.4, 0.5) is 0 Å². The molecule has 0 saturated carbocycles. The van der Waals surface area contributed by atoms with Gasteiger partial charge in [0.1, 0.15) is 19.0 Å². The second-order valence-corrected chi connectivity index (χ2v) is 4.79. The molecule has 4 nitrogen and oxygen atoms in total. The van der Waals surface area contributed by atoms with Crippen LogP contribution in [0.15, 0.2) is 18.2 Å². The number of nitrogens with zero attached hydrogens (tertiary/aromatic N) is 1. The first-order valence-electron chi connectivity index (χ1n) is 6.13. The Bertz CT molecular complexity index is 443.